The summed E-state index contributed by atoms with van der Waals surface area (Å²) in [5, 5.41) is 6.41. The highest BCUT2D eigenvalue weighted by Gasteiger charge is 2.15. The summed E-state index contributed by atoms with van der Waals surface area (Å²) in [5.41, 5.74) is 0. The van der Waals surface area contributed by atoms with Gasteiger partial charge in [0.05, 0.1) is 0 Å². The number of hydrogen-bond acceptors (Lipinski definition) is 3. The minimum atomic E-state index is 0.203. The second-order valence-electron chi connectivity index (χ2n) is 5.21. The molecule has 1 aliphatic rings. The molecule has 1 unspecified atom stereocenters. The van der Waals surface area contributed by atoms with Gasteiger partial charge in [0, 0.05) is 19.0 Å². The van der Waals surface area contributed by atoms with Gasteiger partial charge in [-0.05, 0) is 52.9 Å². The van der Waals surface area contributed by atoms with E-state index in [-0.39, 0.29) is 5.91 Å². The van der Waals surface area contributed by atoms with Gasteiger partial charge in [-0.2, -0.15) is 0 Å². The quantitative estimate of drug-likeness (QED) is 0.653. The van der Waals surface area contributed by atoms with Crippen LogP contribution in [0.4, 0.5) is 0 Å². The average molecular weight is 241 g/mol. The van der Waals surface area contributed by atoms with E-state index >= 15 is 0 Å². The maximum Gasteiger partial charge on any atom is 0.221 e. The predicted molar refractivity (Wildman–Crippen MR) is 71.1 cm³/mol. The summed E-state index contributed by atoms with van der Waals surface area (Å²) in [7, 11) is 4.15. The molecular weight excluding hydrogens is 214 g/mol. The lowest BCUT2D eigenvalue weighted by molar-refractivity contribution is -0.121. The van der Waals surface area contributed by atoms with Gasteiger partial charge in [0.15, 0.2) is 0 Å². The van der Waals surface area contributed by atoms with Gasteiger partial charge in [0.1, 0.15) is 0 Å². The number of nitrogens with zero attached hydrogens (tertiary/aromatic N) is 1. The Morgan fingerprint density at radius 2 is 2.18 bits per heavy atom. The van der Waals surface area contributed by atoms with Crippen molar-refractivity contribution in [3.63, 3.8) is 0 Å². The summed E-state index contributed by atoms with van der Waals surface area (Å²) in [6, 6.07) is 0.408. The van der Waals surface area contributed by atoms with E-state index in [1.807, 2.05) is 0 Å². The second kappa shape index (κ2) is 8.48. The highest BCUT2D eigenvalue weighted by molar-refractivity contribution is 5.76. The molecule has 1 amide bonds. The molecule has 1 heterocycles. The molecular formula is C13H27N3O. The molecule has 1 aliphatic heterocycles. The molecule has 100 valence electrons. The van der Waals surface area contributed by atoms with Gasteiger partial charge < -0.3 is 15.5 Å². The maximum absolute atomic E-state index is 11.6. The van der Waals surface area contributed by atoms with E-state index in [0.29, 0.717) is 12.5 Å². The smallest absolute Gasteiger partial charge is 0.221 e. The Morgan fingerprint density at radius 1 is 1.35 bits per heavy atom. The average Bonchev–Trinajstić information content (AvgIpc) is 2.29. The van der Waals surface area contributed by atoms with Crippen molar-refractivity contribution < 1.29 is 4.79 Å². The van der Waals surface area contributed by atoms with Crippen LogP contribution in [0, 0.1) is 0 Å². The van der Waals surface area contributed by atoms with Crippen molar-refractivity contribution >= 4 is 5.91 Å². The van der Waals surface area contributed by atoms with Crippen LogP contribution >= 0.6 is 0 Å². The first-order valence-corrected chi connectivity index (χ1v) is 6.83. The Balaban J connectivity index is 1.97. The van der Waals surface area contributed by atoms with Crippen molar-refractivity contribution in [2.24, 2.45) is 0 Å². The van der Waals surface area contributed by atoms with Crippen molar-refractivity contribution in [2.75, 3.05) is 33.7 Å². The largest absolute Gasteiger partial charge is 0.356 e. The highest BCUT2D eigenvalue weighted by atomic mass is 16.1. The number of piperidine rings is 1. The minimum absolute atomic E-state index is 0.203. The van der Waals surface area contributed by atoms with Crippen LogP contribution in [0.25, 0.3) is 0 Å². The lowest BCUT2D eigenvalue weighted by Crippen LogP contribution is -2.39. The summed E-state index contributed by atoms with van der Waals surface area (Å²) in [5.74, 6) is 0.203. The van der Waals surface area contributed by atoms with Crippen molar-refractivity contribution in [3.05, 3.63) is 0 Å². The molecule has 0 aromatic heterocycles. The summed E-state index contributed by atoms with van der Waals surface area (Å²) in [6.45, 7) is 2.99. The second-order valence-corrected chi connectivity index (χ2v) is 5.21. The lowest BCUT2D eigenvalue weighted by Gasteiger charge is -2.22. The maximum atomic E-state index is 11.6. The van der Waals surface area contributed by atoms with Crippen LogP contribution in [0.1, 0.15) is 38.5 Å². The van der Waals surface area contributed by atoms with Gasteiger partial charge in [0.2, 0.25) is 5.91 Å². The van der Waals surface area contributed by atoms with Crippen LogP contribution in [0.3, 0.4) is 0 Å². The third-order valence-electron chi connectivity index (χ3n) is 3.20. The molecule has 1 atom stereocenters. The molecule has 0 aromatic carbocycles. The molecule has 2 N–H and O–H groups in total. The fourth-order valence-electron chi connectivity index (χ4n) is 2.18. The van der Waals surface area contributed by atoms with Crippen LogP contribution in [-0.2, 0) is 4.79 Å². The van der Waals surface area contributed by atoms with E-state index < -0.39 is 0 Å². The molecule has 0 spiro atoms. The molecule has 1 rings (SSSR count). The molecule has 0 radical (unpaired) electrons. The summed E-state index contributed by atoms with van der Waals surface area (Å²) in [6.07, 6.45) is 6.52. The number of nitrogens with one attached hydrogen (secondary N) is 2. The monoisotopic (exact) mass is 241 g/mol. The zero-order valence-electron chi connectivity index (χ0n) is 11.3. The van der Waals surface area contributed by atoms with Gasteiger partial charge >= 0.3 is 0 Å². The van der Waals surface area contributed by atoms with E-state index in [1.165, 1.54) is 12.8 Å². The molecule has 17 heavy (non-hydrogen) atoms. The van der Waals surface area contributed by atoms with Gasteiger partial charge in [-0.15, -0.1) is 0 Å². The zero-order valence-corrected chi connectivity index (χ0v) is 11.3. The van der Waals surface area contributed by atoms with E-state index in [9.17, 15) is 4.79 Å². The highest BCUT2D eigenvalue weighted by Crippen LogP contribution is 2.09. The molecule has 0 aromatic rings. The number of hydrogen-bond donors (Lipinski definition) is 2. The van der Waals surface area contributed by atoms with Gasteiger partial charge in [-0.25, -0.2) is 0 Å². The van der Waals surface area contributed by atoms with Crippen molar-refractivity contribution in [2.45, 2.75) is 44.6 Å². The molecule has 1 fully saturated rings. The van der Waals surface area contributed by atoms with Crippen molar-refractivity contribution in [3.8, 4) is 0 Å². The zero-order chi connectivity index (χ0) is 12.5. The van der Waals surface area contributed by atoms with Gasteiger partial charge in [-0.1, -0.05) is 6.42 Å². The molecule has 0 aliphatic carbocycles. The molecule has 0 bridgehead atoms. The number of carbonyl (C=O) groups excluding carboxylic acids is 1. The third-order valence-corrected chi connectivity index (χ3v) is 3.20. The Bertz CT molecular complexity index is 213. The van der Waals surface area contributed by atoms with Crippen molar-refractivity contribution in [1.29, 1.82) is 0 Å². The fraction of sp³-hybridized carbons (Fsp3) is 0.923. The topological polar surface area (TPSA) is 44.4 Å². The summed E-state index contributed by atoms with van der Waals surface area (Å²) in [4.78, 5) is 13.8. The van der Waals surface area contributed by atoms with Crippen LogP contribution in [0.2, 0.25) is 0 Å². The Morgan fingerprint density at radius 3 is 2.82 bits per heavy atom. The predicted octanol–water partition coefficient (Wildman–Crippen LogP) is 0.977. The van der Waals surface area contributed by atoms with E-state index in [4.69, 9.17) is 0 Å². The molecule has 4 nitrogen and oxygen atoms in total. The fourth-order valence-corrected chi connectivity index (χ4v) is 2.18. The summed E-state index contributed by atoms with van der Waals surface area (Å²) >= 11 is 0. The van der Waals surface area contributed by atoms with Crippen LogP contribution in [0.15, 0.2) is 0 Å². The number of rotatable bonds is 7. The lowest BCUT2D eigenvalue weighted by atomic mass is 10.0. The first kappa shape index (κ1) is 14.5. The molecule has 1 saturated heterocycles. The standard InChI is InChI=1S/C13H27N3O/c1-16(2)10-6-5-9-15-13(17)11-12-7-3-4-8-14-12/h12,14H,3-11H2,1-2H3,(H,15,17). The normalized spacial score (nSPS) is 20.5. The first-order chi connectivity index (χ1) is 8.18. The van der Waals surface area contributed by atoms with E-state index in [2.05, 4.69) is 29.6 Å². The van der Waals surface area contributed by atoms with Crippen LogP contribution in [-0.4, -0.2) is 50.6 Å². The van der Waals surface area contributed by atoms with Crippen LogP contribution in [0.5, 0.6) is 0 Å². The van der Waals surface area contributed by atoms with Gasteiger partial charge in [0.25, 0.3) is 0 Å². The Kier molecular flexibility index (Phi) is 7.21. The number of unbranched alkanes of at least 4 members (excludes halogenated alkanes) is 1. The Hall–Kier alpha value is -0.610. The third kappa shape index (κ3) is 7.34. The van der Waals surface area contributed by atoms with E-state index in [1.54, 1.807) is 0 Å². The Labute approximate surface area is 105 Å². The summed E-state index contributed by atoms with van der Waals surface area (Å²) < 4.78 is 0. The number of amides is 1. The molecule has 4 heteroatoms. The van der Waals surface area contributed by atoms with Crippen molar-refractivity contribution in [1.82, 2.24) is 15.5 Å². The first-order valence-electron chi connectivity index (χ1n) is 6.83. The minimum Gasteiger partial charge on any atom is -0.356 e. The SMILES string of the molecule is CN(C)CCCCNC(=O)CC1CCCCN1. The number of carbonyl (C=O) groups is 1. The van der Waals surface area contributed by atoms with Gasteiger partial charge in [-0.3, -0.25) is 4.79 Å². The van der Waals surface area contributed by atoms with Crippen LogP contribution < -0.4 is 10.6 Å². The molecule has 0 saturated carbocycles. The van der Waals surface area contributed by atoms with E-state index in [0.717, 1.165) is 38.9 Å².